The van der Waals surface area contributed by atoms with E-state index in [1.165, 1.54) is 12.1 Å². The zero-order chi connectivity index (χ0) is 14.8. The second-order valence-corrected chi connectivity index (χ2v) is 4.88. The number of hydrogen-bond donors (Lipinski definition) is 1. The van der Waals surface area contributed by atoms with Crippen molar-refractivity contribution in [3.05, 3.63) is 65.1 Å². The molecule has 1 N–H and O–H groups in total. The van der Waals surface area contributed by atoms with Gasteiger partial charge < -0.3 is 5.11 Å². The number of aromatic nitrogens is 3. The smallest absolute Gasteiger partial charge is 0.123 e. The molecule has 0 aliphatic heterocycles. The Morgan fingerprint density at radius 2 is 1.90 bits per heavy atom. The number of aliphatic hydroxyl groups is 1. The Labute approximate surface area is 125 Å². The molecule has 0 atom stereocenters. The molecule has 106 valence electrons. The van der Waals surface area contributed by atoms with Crippen LogP contribution in [-0.2, 0) is 6.61 Å². The average Bonchev–Trinajstić information content (AvgIpc) is 2.92. The molecule has 0 spiro atoms. The van der Waals surface area contributed by atoms with Crippen molar-refractivity contribution in [3.8, 4) is 16.9 Å². The highest BCUT2D eigenvalue weighted by molar-refractivity contribution is 6.30. The van der Waals surface area contributed by atoms with Crippen LogP contribution in [0.5, 0.6) is 0 Å². The minimum Gasteiger partial charge on any atom is -0.390 e. The van der Waals surface area contributed by atoms with Gasteiger partial charge in [0.05, 0.1) is 12.3 Å². The topological polar surface area (TPSA) is 50.9 Å². The first kappa shape index (κ1) is 13.7. The SMILES string of the molecule is OCc1nnn(-c2ccc(F)cc2)c1-c1cccc(Cl)c1. The maximum atomic E-state index is 13.0. The van der Waals surface area contributed by atoms with Crippen LogP contribution in [0.15, 0.2) is 48.5 Å². The summed E-state index contributed by atoms with van der Waals surface area (Å²) in [6, 6.07) is 13.1. The number of hydrogen-bond acceptors (Lipinski definition) is 3. The van der Waals surface area contributed by atoms with Crippen LogP contribution in [-0.4, -0.2) is 20.1 Å². The number of halogens is 2. The van der Waals surface area contributed by atoms with Crippen LogP contribution in [0.25, 0.3) is 16.9 Å². The van der Waals surface area contributed by atoms with Crippen molar-refractivity contribution < 1.29 is 9.50 Å². The van der Waals surface area contributed by atoms with Gasteiger partial charge in [0.1, 0.15) is 17.2 Å². The predicted octanol–water partition coefficient (Wildman–Crippen LogP) is 3.22. The highest BCUT2D eigenvalue weighted by atomic mass is 35.5. The van der Waals surface area contributed by atoms with Crippen LogP contribution >= 0.6 is 11.6 Å². The summed E-state index contributed by atoms with van der Waals surface area (Å²) in [6.07, 6.45) is 0. The third kappa shape index (κ3) is 2.66. The van der Waals surface area contributed by atoms with E-state index in [2.05, 4.69) is 10.3 Å². The van der Waals surface area contributed by atoms with E-state index in [1.54, 1.807) is 35.0 Å². The van der Waals surface area contributed by atoms with Crippen molar-refractivity contribution >= 4 is 11.6 Å². The molecule has 0 saturated carbocycles. The normalized spacial score (nSPS) is 10.8. The van der Waals surface area contributed by atoms with E-state index in [4.69, 9.17) is 11.6 Å². The number of nitrogens with zero attached hydrogens (tertiary/aromatic N) is 3. The predicted molar refractivity (Wildman–Crippen MR) is 77.7 cm³/mol. The van der Waals surface area contributed by atoms with Crippen LogP contribution in [0.1, 0.15) is 5.69 Å². The second kappa shape index (κ2) is 5.63. The standard InChI is InChI=1S/C15H11ClFN3O/c16-11-3-1-2-10(8-11)15-14(9-21)18-19-20(15)13-6-4-12(17)5-7-13/h1-8,21H,9H2. The summed E-state index contributed by atoms with van der Waals surface area (Å²) in [7, 11) is 0. The Morgan fingerprint density at radius 3 is 2.57 bits per heavy atom. The Bertz CT molecular complexity index is 771. The first-order valence-electron chi connectivity index (χ1n) is 6.26. The molecule has 0 amide bonds. The van der Waals surface area contributed by atoms with Gasteiger partial charge in [0.25, 0.3) is 0 Å². The number of rotatable bonds is 3. The molecule has 3 rings (SSSR count). The Balaban J connectivity index is 2.19. The van der Waals surface area contributed by atoms with Crippen LogP contribution in [0, 0.1) is 5.82 Å². The minimum absolute atomic E-state index is 0.247. The molecular formula is C15H11ClFN3O. The zero-order valence-electron chi connectivity index (χ0n) is 10.9. The molecule has 1 heterocycles. The summed E-state index contributed by atoms with van der Waals surface area (Å²) in [4.78, 5) is 0. The van der Waals surface area contributed by atoms with Gasteiger partial charge >= 0.3 is 0 Å². The zero-order valence-corrected chi connectivity index (χ0v) is 11.6. The fourth-order valence-corrected chi connectivity index (χ4v) is 2.30. The summed E-state index contributed by atoms with van der Waals surface area (Å²) < 4.78 is 14.6. The van der Waals surface area contributed by atoms with E-state index in [0.717, 1.165) is 5.56 Å². The molecule has 21 heavy (non-hydrogen) atoms. The molecule has 0 radical (unpaired) electrons. The summed E-state index contributed by atoms with van der Waals surface area (Å²) in [5, 5.41) is 18.0. The van der Waals surface area contributed by atoms with Crippen LogP contribution < -0.4 is 0 Å². The van der Waals surface area contributed by atoms with E-state index >= 15 is 0 Å². The van der Waals surface area contributed by atoms with Crippen molar-refractivity contribution in [2.45, 2.75) is 6.61 Å². The summed E-state index contributed by atoms with van der Waals surface area (Å²) >= 11 is 6.01. The van der Waals surface area contributed by atoms with Gasteiger partial charge in [-0.1, -0.05) is 28.9 Å². The van der Waals surface area contributed by atoms with Crippen molar-refractivity contribution in [2.24, 2.45) is 0 Å². The first-order chi connectivity index (χ1) is 10.2. The van der Waals surface area contributed by atoms with Gasteiger partial charge in [0.15, 0.2) is 0 Å². The molecule has 4 nitrogen and oxygen atoms in total. The average molecular weight is 304 g/mol. The fraction of sp³-hybridized carbons (Fsp3) is 0.0667. The maximum absolute atomic E-state index is 13.0. The highest BCUT2D eigenvalue weighted by Gasteiger charge is 2.16. The molecule has 0 fully saturated rings. The lowest BCUT2D eigenvalue weighted by Crippen LogP contribution is -2.00. The van der Waals surface area contributed by atoms with Gasteiger partial charge in [-0.3, -0.25) is 0 Å². The van der Waals surface area contributed by atoms with Crippen molar-refractivity contribution in [2.75, 3.05) is 0 Å². The summed E-state index contributed by atoms with van der Waals surface area (Å²) in [5.74, 6) is -0.328. The van der Waals surface area contributed by atoms with Gasteiger partial charge in [-0.2, -0.15) is 0 Å². The molecule has 0 aliphatic rings. The fourth-order valence-electron chi connectivity index (χ4n) is 2.11. The molecule has 1 aromatic heterocycles. The van der Waals surface area contributed by atoms with E-state index in [1.807, 2.05) is 6.07 Å². The molecule has 6 heteroatoms. The van der Waals surface area contributed by atoms with Crippen LogP contribution in [0.4, 0.5) is 4.39 Å². The van der Waals surface area contributed by atoms with Crippen molar-refractivity contribution in [3.63, 3.8) is 0 Å². The molecule has 0 aliphatic carbocycles. The van der Waals surface area contributed by atoms with Gasteiger partial charge in [0.2, 0.25) is 0 Å². The van der Waals surface area contributed by atoms with Gasteiger partial charge in [-0.25, -0.2) is 9.07 Å². The van der Waals surface area contributed by atoms with Crippen LogP contribution in [0.2, 0.25) is 5.02 Å². The quantitative estimate of drug-likeness (QED) is 0.808. The molecule has 3 aromatic rings. The molecular weight excluding hydrogens is 293 g/mol. The first-order valence-corrected chi connectivity index (χ1v) is 6.64. The third-order valence-corrected chi connectivity index (χ3v) is 3.29. The molecule has 0 unspecified atom stereocenters. The summed E-state index contributed by atoms with van der Waals surface area (Å²) in [6.45, 7) is -0.247. The number of aliphatic hydroxyl groups excluding tert-OH is 1. The maximum Gasteiger partial charge on any atom is 0.123 e. The van der Waals surface area contributed by atoms with E-state index in [0.29, 0.717) is 22.1 Å². The van der Waals surface area contributed by atoms with E-state index < -0.39 is 0 Å². The summed E-state index contributed by atoms with van der Waals surface area (Å²) in [5.41, 5.74) is 2.49. The van der Waals surface area contributed by atoms with Gasteiger partial charge in [-0.15, -0.1) is 5.10 Å². The second-order valence-electron chi connectivity index (χ2n) is 4.44. The minimum atomic E-state index is -0.328. The highest BCUT2D eigenvalue weighted by Crippen LogP contribution is 2.27. The van der Waals surface area contributed by atoms with Gasteiger partial charge in [-0.05, 0) is 36.4 Å². The Hall–Kier alpha value is -2.24. The molecule has 0 saturated heterocycles. The molecule has 2 aromatic carbocycles. The van der Waals surface area contributed by atoms with Crippen LogP contribution in [0.3, 0.4) is 0 Å². The van der Waals surface area contributed by atoms with E-state index in [-0.39, 0.29) is 12.4 Å². The lowest BCUT2D eigenvalue weighted by Gasteiger charge is -2.08. The Kier molecular flexibility index (Phi) is 3.68. The lowest BCUT2D eigenvalue weighted by molar-refractivity contribution is 0.277. The van der Waals surface area contributed by atoms with Gasteiger partial charge in [0, 0.05) is 10.6 Å². The van der Waals surface area contributed by atoms with E-state index in [9.17, 15) is 9.50 Å². The monoisotopic (exact) mass is 303 g/mol. The molecule has 0 bridgehead atoms. The lowest BCUT2D eigenvalue weighted by atomic mass is 10.1. The number of benzene rings is 2. The third-order valence-electron chi connectivity index (χ3n) is 3.06. The van der Waals surface area contributed by atoms with Crippen molar-refractivity contribution in [1.82, 2.24) is 15.0 Å². The largest absolute Gasteiger partial charge is 0.390 e. The Morgan fingerprint density at radius 1 is 1.14 bits per heavy atom. The van der Waals surface area contributed by atoms with Crippen molar-refractivity contribution in [1.29, 1.82) is 0 Å².